The second-order valence-electron chi connectivity index (χ2n) is 4.38. The Bertz CT molecular complexity index is 247. The molecular weight excluding hydrogens is 206 g/mol. The van der Waals surface area contributed by atoms with E-state index in [-0.39, 0.29) is 6.04 Å². The average Bonchev–Trinajstić information content (AvgIpc) is 2.35. The van der Waals surface area contributed by atoms with Gasteiger partial charge in [-0.25, -0.2) is 4.79 Å². The molecule has 1 N–H and O–H groups in total. The van der Waals surface area contributed by atoms with Crippen LogP contribution < -0.4 is 5.32 Å². The van der Waals surface area contributed by atoms with Gasteiger partial charge in [-0.1, -0.05) is 26.2 Å². The standard InChI is InChI=1S/C12H21NO3/c1-3-10(9-7-5-4-6-8-9)13-11(14)12(15)16-2/h9-10H,3-8H2,1-2H3,(H,13,14). The fourth-order valence-corrected chi connectivity index (χ4v) is 2.41. The van der Waals surface area contributed by atoms with Gasteiger partial charge in [-0.3, -0.25) is 4.79 Å². The number of methoxy groups -OCH3 is 1. The van der Waals surface area contributed by atoms with Gasteiger partial charge in [-0.05, 0) is 25.2 Å². The molecular formula is C12H21NO3. The number of ether oxygens (including phenoxy) is 1. The van der Waals surface area contributed by atoms with E-state index in [2.05, 4.69) is 10.1 Å². The largest absolute Gasteiger partial charge is 0.462 e. The number of carbonyl (C=O) groups is 2. The van der Waals surface area contributed by atoms with Crippen LogP contribution in [0.2, 0.25) is 0 Å². The van der Waals surface area contributed by atoms with Crippen molar-refractivity contribution in [2.45, 2.75) is 51.5 Å². The topological polar surface area (TPSA) is 55.4 Å². The third-order valence-corrected chi connectivity index (χ3v) is 3.35. The summed E-state index contributed by atoms with van der Waals surface area (Å²) < 4.78 is 4.39. The van der Waals surface area contributed by atoms with Crippen molar-refractivity contribution in [1.82, 2.24) is 5.32 Å². The molecule has 1 aliphatic rings. The van der Waals surface area contributed by atoms with Gasteiger partial charge in [0.1, 0.15) is 0 Å². The number of rotatable bonds is 3. The van der Waals surface area contributed by atoms with Gasteiger partial charge in [-0.15, -0.1) is 0 Å². The molecule has 0 aliphatic heterocycles. The van der Waals surface area contributed by atoms with Crippen molar-refractivity contribution >= 4 is 11.9 Å². The number of carbonyl (C=O) groups excluding carboxylic acids is 2. The van der Waals surface area contributed by atoms with Crippen molar-refractivity contribution in [2.24, 2.45) is 5.92 Å². The Hall–Kier alpha value is -1.06. The van der Waals surface area contributed by atoms with E-state index in [1.165, 1.54) is 26.4 Å². The van der Waals surface area contributed by atoms with Gasteiger partial charge >= 0.3 is 11.9 Å². The summed E-state index contributed by atoms with van der Waals surface area (Å²) in [4.78, 5) is 22.4. The highest BCUT2D eigenvalue weighted by molar-refractivity contribution is 6.32. The molecule has 0 aromatic rings. The van der Waals surface area contributed by atoms with Crippen LogP contribution in [0.3, 0.4) is 0 Å². The maximum Gasteiger partial charge on any atom is 0.396 e. The summed E-state index contributed by atoms with van der Waals surface area (Å²) >= 11 is 0. The highest BCUT2D eigenvalue weighted by Gasteiger charge is 2.26. The van der Waals surface area contributed by atoms with Crippen molar-refractivity contribution in [2.75, 3.05) is 7.11 Å². The number of hydrogen-bond donors (Lipinski definition) is 1. The van der Waals surface area contributed by atoms with Crippen LogP contribution in [-0.4, -0.2) is 25.0 Å². The van der Waals surface area contributed by atoms with Gasteiger partial charge in [-0.2, -0.15) is 0 Å². The third-order valence-electron chi connectivity index (χ3n) is 3.35. The molecule has 0 heterocycles. The first kappa shape index (κ1) is 13.0. The Morgan fingerprint density at radius 2 is 1.94 bits per heavy atom. The molecule has 0 spiro atoms. The van der Waals surface area contributed by atoms with Crippen LogP contribution in [0.15, 0.2) is 0 Å². The molecule has 4 heteroatoms. The Morgan fingerprint density at radius 1 is 1.31 bits per heavy atom. The normalized spacial score (nSPS) is 18.9. The maximum atomic E-state index is 11.4. The van der Waals surface area contributed by atoms with E-state index in [0.717, 1.165) is 19.3 Å². The molecule has 4 nitrogen and oxygen atoms in total. The molecule has 1 atom stereocenters. The van der Waals surface area contributed by atoms with E-state index < -0.39 is 11.9 Å². The maximum absolute atomic E-state index is 11.4. The fourth-order valence-electron chi connectivity index (χ4n) is 2.41. The van der Waals surface area contributed by atoms with Gasteiger partial charge < -0.3 is 10.1 Å². The number of amides is 1. The molecule has 1 amide bonds. The summed E-state index contributed by atoms with van der Waals surface area (Å²) in [6.07, 6.45) is 6.93. The van der Waals surface area contributed by atoms with Crippen LogP contribution in [0, 0.1) is 5.92 Å². The lowest BCUT2D eigenvalue weighted by Gasteiger charge is -2.29. The molecule has 92 valence electrons. The second kappa shape index (κ2) is 6.51. The van der Waals surface area contributed by atoms with Gasteiger partial charge in [0.25, 0.3) is 0 Å². The number of esters is 1. The van der Waals surface area contributed by atoms with Crippen LogP contribution in [0.5, 0.6) is 0 Å². The first-order valence-corrected chi connectivity index (χ1v) is 6.07. The number of hydrogen-bond acceptors (Lipinski definition) is 3. The Labute approximate surface area is 96.7 Å². The minimum atomic E-state index is -0.797. The second-order valence-corrected chi connectivity index (χ2v) is 4.38. The van der Waals surface area contributed by atoms with E-state index in [4.69, 9.17) is 0 Å². The zero-order valence-electron chi connectivity index (χ0n) is 10.1. The van der Waals surface area contributed by atoms with Crippen LogP contribution in [0.4, 0.5) is 0 Å². The predicted molar refractivity (Wildman–Crippen MR) is 60.8 cm³/mol. The van der Waals surface area contributed by atoms with Gasteiger partial charge in [0, 0.05) is 6.04 Å². The highest BCUT2D eigenvalue weighted by atomic mass is 16.5. The van der Waals surface area contributed by atoms with Crippen molar-refractivity contribution in [3.63, 3.8) is 0 Å². The molecule has 0 aromatic carbocycles. The predicted octanol–water partition coefficient (Wildman–Crippen LogP) is 1.63. The summed E-state index contributed by atoms with van der Waals surface area (Å²) in [5, 5.41) is 2.77. The molecule has 1 saturated carbocycles. The monoisotopic (exact) mass is 227 g/mol. The third kappa shape index (κ3) is 3.51. The van der Waals surface area contributed by atoms with E-state index in [1.807, 2.05) is 6.92 Å². The van der Waals surface area contributed by atoms with Crippen LogP contribution >= 0.6 is 0 Å². The van der Waals surface area contributed by atoms with Gasteiger partial charge in [0.05, 0.1) is 7.11 Å². The highest BCUT2D eigenvalue weighted by Crippen LogP contribution is 2.27. The van der Waals surface area contributed by atoms with Crippen LogP contribution in [0.1, 0.15) is 45.4 Å². The molecule has 1 unspecified atom stereocenters. The molecule has 0 aromatic heterocycles. The Morgan fingerprint density at radius 3 is 2.44 bits per heavy atom. The van der Waals surface area contributed by atoms with Crippen molar-refractivity contribution in [3.05, 3.63) is 0 Å². The first-order chi connectivity index (χ1) is 7.69. The van der Waals surface area contributed by atoms with E-state index in [1.54, 1.807) is 0 Å². The zero-order chi connectivity index (χ0) is 12.0. The fraction of sp³-hybridized carbons (Fsp3) is 0.833. The van der Waals surface area contributed by atoms with E-state index >= 15 is 0 Å². The summed E-state index contributed by atoms with van der Waals surface area (Å²) in [5.41, 5.74) is 0. The SMILES string of the molecule is CCC(NC(=O)C(=O)OC)C1CCCCC1. The molecule has 16 heavy (non-hydrogen) atoms. The molecule has 1 aliphatic carbocycles. The lowest BCUT2D eigenvalue weighted by Crippen LogP contribution is -2.44. The van der Waals surface area contributed by atoms with E-state index in [0.29, 0.717) is 5.92 Å². The number of nitrogens with one attached hydrogen (secondary N) is 1. The quantitative estimate of drug-likeness (QED) is 0.589. The van der Waals surface area contributed by atoms with Gasteiger partial charge in [0.15, 0.2) is 0 Å². The first-order valence-electron chi connectivity index (χ1n) is 6.07. The minimum Gasteiger partial charge on any atom is -0.462 e. The molecule has 0 bridgehead atoms. The summed E-state index contributed by atoms with van der Waals surface area (Å²) in [6, 6.07) is 0.117. The summed E-state index contributed by atoms with van der Waals surface area (Å²) in [6.45, 7) is 2.04. The van der Waals surface area contributed by atoms with E-state index in [9.17, 15) is 9.59 Å². The lowest BCUT2D eigenvalue weighted by molar-refractivity contribution is -0.153. The minimum absolute atomic E-state index is 0.117. The van der Waals surface area contributed by atoms with Crippen LogP contribution in [0.25, 0.3) is 0 Å². The zero-order valence-corrected chi connectivity index (χ0v) is 10.1. The lowest BCUT2D eigenvalue weighted by atomic mass is 9.83. The molecule has 1 rings (SSSR count). The summed E-state index contributed by atoms with van der Waals surface area (Å²) in [5.74, 6) is -0.887. The average molecular weight is 227 g/mol. The smallest absolute Gasteiger partial charge is 0.396 e. The Balaban J connectivity index is 2.47. The summed E-state index contributed by atoms with van der Waals surface area (Å²) in [7, 11) is 1.23. The van der Waals surface area contributed by atoms with Gasteiger partial charge in [0.2, 0.25) is 0 Å². The Kier molecular flexibility index (Phi) is 5.29. The van der Waals surface area contributed by atoms with Crippen molar-refractivity contribution < 1.29 is 14.3 Å². The van der Waals surface area contributed by atoms with Crippen molar-refractivity contribution in [1.29, 1.82) is 0 Å². The molecule has 0 saturated heterocycles. The molecule has 1 fully saturated rings. The molecule has 0 radical (unpaired) electrons. The van der Waals surface area contributed by atoms with Crippen LogP contribution in [-0.2, 0) is 14.3 Å². The van der Waals surface area contributed by atoms with Crippen molar-refractivity contribution in [3.8, 4) is 0 Å².